The average Bonchev–Trinajstić information content (AvgIpc) is 2.50. The van der Waals surface area contributed by atoms with Crippen LogP contribution in [0.1, 0.15) is 26.7 Å². The van der Waals surface area contributed by atoms with Gasteiger partial charge >= 0.3 is 0 Å². The van der Waals surface area contributed by atoms with Crippen molar-refractivity contribution in [2.45, 2.75) is 38.9 Å². The Morgan fingerprint density at radius 2 is 2.05 bits per heavy atom. The van der Waals surface area contributed by atoms with Crippen LogP contribution in [0.15, 0.2) is 18.2 Å². The van der Waals surface area contributed by atoms with Crippen LogP contribution in [0.3, 0.4) is 0 Å². The molecule has 0 aromatic heterocycles. The number of amides is 1. The highest BCUT2D eigenvalue weighted by atomic mass is 35.5. The number of halogens is 2. The van der Waals surface area contributed by atoms with Gasteiger partial charge in [0, 0.05) is 24.7 Å². The van der Waals surface area contributed by atoms with E-state index in [1.807, 2.05) is 11.8 Å². The van der Waals surface area contributed by atoms with Crippen molar-refractivity contribution in [2.24, 2.45) is 0 Å². The smallest absolute Gasteiger partial charge is 0.263 e. The molecule has 1 aliphatic rings. The molecule has 122 valence electrons. The molecule has 2 rings (SSSR count). The number of rotatable bonds is 5. The molecule has 1 unspecified atom stereocenters. The van der Waals surface area contributed by atoms with E-state index >= 15 is 0 Å². The van der Waals surface area contributed by atoms with Gasteiger partial charge in [0.2, 0.25) is 0 Å². The lowest BCUT2D eigenvalue weighted by atomic mass is 10.1. The van der Waals surface area contributed by atoms with Crippen LogP contribution in [0.25, 0.3) is 0 Å². The highest BCUT2D eigenvalue weighted by Gasteiger charge is 2.27. The van der Waals surface area contributed by atoms with Gasteiger partial charge < -0.3 is 14.4 Å². The van der Waals surface area contributed by atoms with Crippen molar-refractivity contribution >= 4 is 29.1 Å². The van der Waals surface area contributed by atoms with E-state index in [2.05, 4.69) is 0 Å². The molecule has 0 radical (unpaired) electrons. The first-order valence-electron chi connectivity index (χ1n) is 7.53. The van der Waals surface area contributed by atoms with Gasteiger partial charge in [0.15, 0.2) is 6.10 Å². The van der Waals surface area contributed by atoms with E-state index < -0.39 is 6.10 Å². The number of piperidine rings is 1. The lowest BCUT2D eigenvalue weighted by molar-refractivity contribution is -0.140. The molecule has 0 N–H and O–H groups in total. The Labute approximate surface area is 141 Å². The maximum absolute atomic E-state index is 12.4. The van der Waals surface area contributed by atoms with Crippen LogP contribution in [-0.4, -0.2) is 42.7 Å². The van der Waals surface area contributed by atoms with Gasteiger partial charge in [-0.1, -0.05) is 23.2 Å². The van der Waals surface area contributed by atoms with Gasteiger partial charge in [-0.15, -0.1) is 0 Å². The van der Waals surface area contributed by atoms with Crippen molar-refractivity contribution in [1.29, 1.82) is 0 Å². The van der Waals surface area contributed by atoms with E-state index in [4.69, 9.17) is 32.7 Å². The molecule has 0 aliphatic carbocycles. The number of hydrogen-bond donors (Lipinski definition) is 0. The van der Waals surface area contributed by atoms with E-state index in [1.165, 1.54) is 0 Å². The number of ether oxygens (including phenoxy) is 2. The summed E-state index contributed by atoms with van der Waals surface area (Å²) in [5.41, 5.74) is 0. The molecule has 1 aromatic rings. The van der Waals surface area contributed by atoms with E-state index in [1.54, 1.807) is 25.1 Å². The second-order valence-electron chi connectivity index (χ2n) is 5.31. The highest BCUT2D eigenvalue weighted by Crippen LogP contribution is 2.28. The van der Waals surface area contributed by atoms with E-state index in [0.29, 0.717) is 35.5 Å². The molecule has 1 fully saturated rings. The Kier molecular flexibility index (Phi) is 6.36. The molecule has 4 nitrogen and oxygen atoms in total. The zero-order valence-electron chi connectivity index (χ0n) is 12.9. The second kappa shape index (κ2) is 8.04. The van der Waals surface area contributed by atoms with E-state index in [0.717, 1.165) is 12.8 Å². The molecule has 6 heteroatoms. The van der Waals surface area contributed by atoms with Gasteiger partial charge in [0.25, 0.3) is 5.91 Å². The van der Waals surface area contributed by atoms with Gasteiger partial charge in [0.1, 0.15) is 5.75 Å². The second-order valence-corrected chi connectivity index (χ2v) is 6.16. The molecular formula is C16H21Cl2NO3. The van der Waals surface area contributed by atoms with Gasteiger partial charge in [-0.05, 0) is 44.9 Å². The number of hydrogen-bond acceptors (Lipinski definition) is 3. The van der Waals surface area contributed by atoms with Crippen molar-refractivity contribution in [3.8, 4) is 5.75 Å². The van der Waals surface area contributed by atoms with Crippen LogP contribution in [0.4, 0.5) is 0 Å². The molecule has 1 amide bonds. The van der Waals surface area contributed by atoms with Crippen LogP contribution in [-0.2, 0) is 9.53 Å². The first-order chi connectivity index (χ1) is 10.5. The van der Waals surface area contributed by atoms with Gasteiger partial charge in [0.05, 0.1) is 11.1 Å². The Morgan fingerprint density at radius 1 is 1.36 bits per heavy atom. The fraction of sp³-hybridized carbons (Fsp3) is 0.562. The summed E-state index contributed by atoms with van der Waals surface area (Å²) in [5, 5.41) is 0.941. The van der Waals surface area contributed by atoms with E-state index in [9.17, 15) is 4.79 Å². The SMILES string of the molecule is CCOC1CCN(C(=O)C(C)Oc2ccc(Cl)cc2Cl)CC1. The maximum Gasteiger partial charge on any atom is 0.263 e. The Hall–Kier alpha value is -0.970. The molecule has 0 spiro atoms. The standard InChI is InChI=1S/C16H21Cl2NO3/c1-3-21-13-6-8-19(9-7-13)16(20)11(2)22-15-5-4-12(17)10-14(15)18/h4-5,10-11,13H,3,6-9H2,1-2H3. The molecule has 1 atom stereocenters. The van der Waals surface area contributed by atoms with Crippen LogP contribution in [0.2, 0.25) is 10.0 Å². The van der Waals surface area contributed by atoms with Crippen LogP contribution in [0, 0.1) is 0 Å². The Bertz CT molecular complexity index is 516. The minimum Gasteiger partial charge on any atom is -0.479 e. The summed E-state index contributed by atoms with van der Waals surface area (Å²) in [5.74, 6) is 0.442. The fourth-order valence-electron chi connectivity index (χ4n) is 2.55. The summed E-state index contributed by atoms with van der Waals surface area (Å²) in [4.78, 5) is 14.3. The zero-order chi connectivity index (χ0) is 16.1. The van der Waals surface area contributed by atoms with E-state index in [-0.39, 0.29) is 12.0 Å². The third-order valence-electron chi connectivity index (χ3n) is 3.70. The van der Waals surface area contributed by atoms with Crippen LogP contribution in [0.5, 0.6) is 5.75 Å². The summed E-state index contributed by atoms with van der Waals surface area (Å²) < 4.78 is 11.3. The minimum atomic E-state index is -0.581. The summed E-state index contributed by atoms with van der Waals surface area (Å²) in [7, 11) is 0. The summed E-state index contributed by atoms with van der Waals surface area (Å²) >= 11 is 11.9. The molecule has 1 heterocycles. The number of benzene rings is 1. The normalized spacial score (nSPS) is 17.4. The number of nitrogens with zero attached hydrogens (tertiary/aromatic N) is 1. The highest BCUT2D eigenvalue weighted by molar-refractivity contribution is 6.35. The number of carbonyl (C=O) groups is 1. The summed E-state index contributed by atoms with van der Waals surface area (Å²) in [6, 6.07) is 4.96. The molecule has 1 aromatic carbocycles. The number of carbonyl (C=O) groups excluding carboxylic acids is 1. The average molecular weight is 346 g/mol. The van der Waals surface area contributed by atoms with Crippen molar-refractivity contribution in [3.05, 3.63) is 28.2 Å². The minimum absolute atomic E-state index is 0.0269. The third kappa shape index (κ3) is 4.51. The quantitative estimate of drug-likeness (QED) is 0.814. The van der Waals surface area contributed by atoms with Crippen molar-refractivity contribution < 1.29 is 14.3 Å². The third-order valence-corrected chi connectivity index (χ3v) is 4.23. The maximum atomic E-state index is 12.4. The Balaban J connectivity index is 1.90. The molecule has 22 heavy (non-hydrogen) atoms. The Morgan fingerprint density at radius 3 is 2.64 bits per heavy atom. The topological polar surface area (TPSA) is 38.8 Å². The lowest BCUT2D eigenvalue weighted by Crippen LogP contribution is -2.46. The molecule has 0 bridgehead atoms. The van der Waals surface area contributed by atoms with Crippen LogP contribution < -0.4 is 4.74 Å². The predicted octanol–water partition coefficient (Wildman–Crippen LogP) is 3.79. The van der Waals surface area contributed by atoms with Gasteiger partial charge in [-0.2, -0.15) is 0 Å². The lowest BCUT2D eigenvalue weighted by Gasteiger charge is -2.33. The molecular weight excluding hydrogens is 325 g/mol. The predicted molar refractivity (Wildman–Crippen MR) is 87.8 cm³/mol. The monoisotopic (exact) mass is 345 g/mol. The zero-order valence-corrected chi connectivity index (χ0v) is 14.4. The molecule has 1 saturated heterocycles. The van der Waals surface area contributed by atoms with Crippen LogP contribution >= 0.6 is 23.2 Å². The van der Waals surface area contributed by atoms with Crippen molar-refractivity contribution in [3.63, 3.8) is 0 Å². The molecule has 1 aliphatic heterocycles. The molecule has 0 saturated carbocycles. The summed E-state index contributed by atoms with van der Waals surface area (Å²) in [6.45, 7) is 5.84. The first-order valence-corrected chi connectivity index (χ1v) is 8.29. The van der Waals surface area contributed by atoms with Crippen molar-refractivity contribution in [1.82, 2.24) is 4.90 Å². The number of likely N-dealkylation sites (tertiary alicyclic amines) is 1. The van der Waals surface area contributed by atoms with Gasteiger partial charge in [-0.25, -0.2) is 0 Å². The largest absolute Gasteiger partial charge is 0.479 e. The van der Waals surface area contributed by atoms with Crippen molar-refractivity contribution in [2.75, 3.05) is 19.7 Å². The fourth-order valence-corrected chi connectivity index (χ4v) is 3.00. The van der Waals surface area contributed by atoms with Gasteiger partial charge in [-0.3, -0.25) is 4.79 Å². The summed E-state index contributed by atoms with van der Waals surface area (Å²) in [6.07, 6.45) is 1.42. The first kappa shape index (κ1) is 17.4.